The molecular formula is C13H22N4S. The Kier molecular flexibility index (Phi) is 4.13. The van der Waals surface area contributed by atoms with Crippen molar-refractivity contribution in [3.05, 3.63) is 11.6 Å². The van der Waals surface area contributed by atoms with Crippen molar-refractivity contribution in [2.75, 3.05) is 44.2 Å². The second-order valence-corrected chi connectivity index (χ2v) is 6.05. The van der Waals surface area contributed by atoms with Gasteiger partial charge in [-0.05, 0) is 32.4 Å². The second kappa shape index (κ2) is 5.99. The Bertz CT molecular complexity index is 338. The number of hydrogen-bond acceptors (Lipinski definition) is 5. The van der Waals surface area contributed by atoms with Gasteiger partial charge in [0.15, 0.2) is 5.13 Å². The van der Waals surface area contributed by atoms with E-state index in [1.807, 2.05) is 6.20 Å². The van der Waals surface area contributed by atoms with E-state index < -0.39 is 0 Å². The molecule has 4 nitrogen and oxygen atoms in total. The van der Waals surface area contributed by atoms with E-state index in [0.29, 0.717) is 0 Å². The lowest BCUT2D eigenvalue weighted by Crippen LogP contribution is -2.50. The third kappa shape index (κ3) is 2.84. The molecule has 1 atom stereocenters. The van der Waals surface area contributed by atoms with Crippen molar-refractivity contribution >= 4 is 16.5 Å². The Balaban J connectivity index is 1.53. The van der Waals surface area contributed by atoms with E-state index >= 15 is 0 Å². The van der Waals surface area contributed by atoms with Gasteiger partial charge in [-0.2, -0.15) is 0 Å². The molecule has 2 aliphatic heterocycles. The highest BCUT2D eigenvalue weighted by Gasteiger charge is 2.25. The molecule has 0 amide bonds. The smallest absolute Gasteiger partial charge is 0.185 e. The molecule has 0 saturated carbocycles. The lowest BCUT2D eigenvalue weighted by molar-refractivity contribution is 0.172. The van der Waals surface area contributed by atoms with Crippen LogP contribution in [0.15, 0.2) is 11.6 Å². The van der Waals surface area contributed by atoms with E-state index in [1.165, 1.54) is 50.6 Å². The molecule has 0 radical (unpaired) electrons. The molecule has 2 saturated heterocycles. The van der Waals surface area contributed by atoms with E-state index in [0.717, 1.165) is 19.1 Å². The Morgan fingerprint density at radius 2 is 2.06 bits per heavy atom. The molecule has 1 N–H and O–H groups in total. The minimum atomic E-state index is 0.804. The van der Waals surface area contributed by atoms with Crippen LogP contribution in [0.1, 0.15) is 19.3 Å². The van der Waals surface area contributed by atoms with Crippen molar-refractivity contribution in [2.24, 2.45) is 0 Å². The second-order valence-electron chi connectivity index (χ2n) is 5.17. The molecular weight excluding hydrogens is 244 g/mol. The molecule has 3 rings (SSSR count). The molecule has 1 aromatic rings. The van der Waals surface area contributed by atoms with Gasteiger partial charge < -0.3 is 10.2 Å². The number of piperazine rings is 1. The molecule has 2 aliphatic rings. The van der Waals surface area contributed by atoms with Crippen LogP contribution in [0.2, 0.25) is 0 Å². The van der Waals surface area contributed by atoms with Gasteiger partial charge in [0, 0.05) is 43.8 Å². The molecule has 0 spiro atoms. The van der Waals surface area contributed by atoms with Crippen LogP contribution in [0.4, 0.5) is 5.13 Å². The first-order chi connectivity index (χ1) is 8.93. The van der Waals surface area contributed by atoms with Crippen LogP contribution in [0.25, 0.3) is 0 Å². The summed E-state index contributed by atoms with van der Waals surface area (Å²) in [6.07, 6.45) is 5.92. The summed E-state index contributed by atoms with van der Waals surface area (Å²) in [5.41, 5.74) is 0. The summed E-state index contributed by atoms with van der Waals surface area (Å²) >= 11 is 1.76. The summed E-state index contributed by atoms with van der Waals surface area (Å²) in [6, 6.07) is 0.804. The molecule has 1 aromatic heterocycles. The van der Waals surface area contributed by atoms with Crippen LogP contribution < -0.4 is 10.2 Å². The zero-order valence-electron chi connectivity index (χ0n) is 10.8. The third-order valence-corrected chi connectivity index (χ3v) is 4.90. The third-order valence-electron chi connectivity index (χ3n) is 4.07. The Morgan fingerprint density at radius 1 is 1.17 bits per heavy atom. The normalized spacial score (nSPS) is 27.1. The fourth-order valence-corrected chi connectivity index (χ4v) is 3.71. The van der Waals surface area contributed by atoms with Crippen LogP contribution in [0.5, 0.6) is 0 Å². The van der Waals surface area contributed by atoms with Gasteiger partial charge in [0.2, 0.25) is 0 Å². The molecule has 2 fully saturated rings. The fourth-order valence-electron chi connectivity index (χ4n) is 3.02. The van der Waals surface area contributed by atoms with Crippen LogP contribution in [-0.2, 0) is 0 Å². The molecule has 0 aliphatic carbocycles. The Hall–Kier alpha value is -0.650. The summed E-state index contributed by atoms with van der Waals surface area (Å²) in [6.45, 7) is 7.07. The van der Waals surface area contributed by atoms with Crippen molar-refractivity contribution in [3.8, 4) is 0 Å². The maximum absolute atomic E-state index is 4.41. The molecule has 0 bridgehead atoms. The van der Waals surface area contributed by atoms with Gasteiger partial charge in [-0.15, -0.1) is 11.3 Å². The van der Waals surface area contributed by atoms with Gasteiger partial charge in [0.05, 0.1) is 0 Å². The summed E-state index contributed by atoms with van der Waals surface area (Å²) < 4.78 is 0. The monoisotopic (exact) mass is 266 g/mol. The molecule has 0 aromatic carbocycles. The van der Waals surface area contributed by atoms with E-state index in [4.69, 9.17) is 0 Å². The van der Waals surface area contributed by atoms with Gasteiger partial charge in [0.25, 0.3) is 0 Å². The maximum Gasteiger partial charge on any atom is 0.185 e. The SMILES string of the molecule is c1csc(N2CCN(C3CCCNCC3)CC2)n1. The van der Waals surface area contributed by atoms with E-state index in [2.05, 4.69) is 25.5 Å². The van der Waals surface area contributed by atoms with E-state index in [9.17, 15) is 0 Å². The van der Waals surface area contributed by atoms with Gasteiger partial charge in [-0.1, -0.05) is 0 Å². The van der Waals surface area contributed by atoms with Gasteiger partial charge in [-0.25, -0.2) is 4.98 Å². The first kappa shape index (κ1) is 12.4. The lowest BCUT2D eigenvalue weighted by Gasteiger charge is -2.39. The fraction of sp³-hybridized carbons (Fsp3) is 0.769. The predicted octanol–water partition coefficient (Wildman–Crippen LogP) is 1.41. The quantitative estimate of drug-likeness (QED) is 0.877. The number of hydrogen-bond donors (Lipinski definition) is 1. The van der Waals surface area contributed by atoms with Crippen molar-refractivity contribution in [1.82, 2.24) is 15.2 Å². The molecule has 100 valence electrons. The average molecular weight is 266 g/mol. The zero-order chi connectivity index (χ0) is 12.2. The number of aromatic nitrogens is 1. The standard InChI is InChI=1S/C13H22N4S/c1-2-12(3-5-14-4-1)16-7-9-17(10-8-16)13-15-6-11-18-13/h6,11-12,14H,1-5,7-10H2. The topological polar surface area (TPSA) is 31.4 Å². The van der Waals surface area contributed by atoms with Crippen LogP contribution in [-0.4, -0.2) is 55.2 Å². The molecule has 3 heterocycles. The number of rotatable bonds is 2. The first-order valence-corrected chi connectivity index (χ1v) is 7.90. The van der Waals surface area contributed by atoms with Crippen molar-refractivity contribution < 1.29 is 0 Å². The highest BCUT2D eigenvalue weighted by Crippen LogP contribution is 2.21. The predicted molar refractivity (Wildman–Crippen MR) is 76.4 cm³/mol. The highest BCUT2D eigenvalue weighted by molar-refractivity contribution is 7.13. The first-order valence-electron chi connectivity index (χ1n) is 7.03. The lowest BCUT2D eigenvalue weighted by atomic mass is 10.1. The van der Waals surface area contributed by atoms with Crippen molar-refractivity contribution in [1.29, 1.82) is 0 Å². The molecule has 5 heteroatoms. The summed E-state index contributed by atoms with van der Waals surface area (Å²) in [4.78, 5) is 9.53. The zero-order valence-corrected chi connectivity index (χ0v) is 11.7. The van der Waals surface area contributed by atoms with Gasteiger partial charge in [0.1, 0.15) is 0 Å². The van der Waals surface area contributed by atoms with Crippen molar-refractivity contribution in [2.45, 2.75) is 25.3 Å². The largest absolute Gasteiger partial charge is 0.346 e. The highest BCUT2D eigenvalue weighted by atomic mass is 32.1. The molecule has 1 unspecified atom stereocenters. The molecule has 18 heavy (non-hydrogen) atoms. The summed E-state index contributed by atoms with van der Waals surface area (Å²) in [7, 11) is 0. The van der Waals surface area contributed by atoms with Crippen LogP contribution in [0.3, 0.4) is 0 Å². The summed E-state index contributed by atoms with van der Waals surface area (Å²) in [5, 5.41) is 6.76. The maximum atomic E-state index is 4.41. The minimum Gasteiger partial charge on any atom is -0.346 e. The Labute approximate surface area is 113 Å². The summed E-state index contributed by atoms with van der Waals surface area (Å²) in [5.74, 6) is 0. The number of nitrogens with one attached hydrogen (secondary N) is 1. The number of thiazole rings is 1. The van der Waals surface area contributed by atoms with Crippen LogP contribution in [0, 0.1) is 0 Å². The van der Waals surface area contributed by atoms with E-state index in [1.54, 1.807) is 11.3 Å². The minimum absolute atomic E-state index is 0.804. The number of nitrogens with zero attached hydrogens (tertiary/aromatic N) is 3. The van der Waals surface area contributed by atoms with Gasteiger partial charge in [-0.3, -0.25) is 4.90 Å². The van der Waals surface area contributed by atoms with Gasteiger partial charge >= 0.3 is 0 Å². The van der Waals surface area contributed by atoms with Crippen LogP contribution >= 0.6 is 11.3 Å². The average Bonchev–Trinajstić information content (AvgIpc) is 2.82. The van der Waals surface area contributed by atoms with E-state index in [-0.39, 0.29) is 0 Å². The number of anilines is 1. The van der Waals surface area contributed by atoms with Crippen molar-refractivity contribution in [3.63, 3.8) is 0 Å². The Morgan fingerprint density at radius 3 is 2.83 bits per heavy atom.